The molecule has 6 nitrogen and oxygen atoms in total. The van der Waals surface area contributed by atoms with Crippen LogP contribution in [0.2, 0.25) is 0 Å². The largest absolute Gasteiger partial charge is 0.369 e. The van der Waals surface area contributed by atoms with Gasteiger partial charge in [0.2, 0.25) is 0 Å². The molecule has 0 radical (unpaired) electrons. The predicted molar refractivity (Wildman–Crippen MR) is 127 cm³/mol. The van der Waals surface area contributed by atoms with Gasteiger partial charge in [-0.3, -0.25) is 4.79 Å². The Morgan fingerprint density at radius 2 is 1.77 bits per heavy atom. The summed E-state index contributed by atoms with van der Waals surface area (Å²) in [6, 6.07) is 19.8. The minimum atomic E-state index is -0.0680. The van der Waals surface area contributed by atoms with Gasteiger partial charge < -0.3 is 4.90 Å². The third kappa shape index (κ3) is 4.01. The zero-order chi connectivity index (χ0) is 22.0. The maximum absolute atomic E-state index is 13.8. The van der Waals surface area contributed by atoms with Crippen molar-refractivity contribution in [2.45, 2.75) is 20.4 Å². The SMILES string of the molecule is CC(C)Cn1c(=O)c(-c2cccc3ccccc23)c(N=CN(C)C)n1-c1ccccn1. The Hall–Kier alpha value is -3.67. The van der Waals surface area contributed by atoms with Crippen LogP contribution in [0.3, 0.4) is 0 Å². The van der Waals surface area contributed by atoms with Gasteiger partial charge in [0.15, 0.2) is 11.6 Å². The second-order valence-corrected chi connectivity index (χ2v) is 8.21. The molecule has 0 aliphatic heterocycles. The molecule has 0 saturated heterocycles. The molecule has 2 aromatic carbocycles. The monoisotopic (exact) mass is 413 g/mol. The van der Waals surface area contributed by atoms with Gasteiger partial charge in [-0.25, -0.2) is 19.3 Å². The Bertz CT molecular complexity index is 1280. The van der Waals surface area contributed by atoms with Gasteiger partial charge in [0.25, 0.3) is 5.56 Å². The van der Waals surface area contributed by atoms with Crippen LogP contribution >= 0.6 is 0 Å². The second-order valence-electron chi connectivity index (χ2n) is 8.21. The maximum Gasteiger partial charge on any atom is 0.277 e. The number of rotatable bonds is 6. The minimum Gasteiger partial charge on any atom is -0.369 e. The van der Waals surface area contributed by atoms with E-state index in [0.717, 1.165) is 16.3 Å². The average molecular weight is 414 g/mol. The molecule has 0 atom stereocenters. The number of benzene rings is 2. The van der Waals surface area contributed by atoms with Crippen LogP contribution in [-0.4, -0.2) is 39.7 Å². The Morgan fingerprint density at radius 3 is 2.48 bits per heavy atom. The first-order valence-electron chi connectivity index (χ1n) is 10.4. The van der Waals surface area contributed by atoms with Gasteiger partial charge in [0.1, 0.15) is 0 Å². The summed E-state index contributed by atoms with van der Waals surface area (Å²) < 4.78 is 3.60. The Kier molecular flexibility index (Phi) is 5.71. The van der Waals surface area contributed by atoms with Crippen LogP contribution in [0.4, 0.5) is 5.82 Å². The second kappa shape index (κ2) is 8.60. The first kappa shape index (κ1) is 20.6. The van der Waals surface area contributed by atoms with Gasteiger partial charge >= 0.3 is 0 Å². The van der Waals surface area contributed by atoms with Gasteiger partial charge in [-0.05, 0) is 34.4 Å². The smallest absolute Gasteiger partial charge is 0.277 e. The van der Waals surface area contributed by atoms with E-state index in [1.807, 2.05) is 66.1 Å². The van der Waals surface area contributed by atoms with Crippen molar-refractivity contribution < 1.29 is 0 Å². The number of aromatic nitrogens is 3. The van der Waals surface area contributed by atoms with Crippen molar-refractivity contribution in [1.29, 1.82) is 0 Å². The quantitative estimate of drug-likeness (QED) is 0.339. The van der Waals surface area contributed by atoms with Gasteiger partial charge in [-0.2, -0.15) is 0 Å². The van der Waals surface area contributed by atoms with Crippen LogP contribution in [0.5, 0.6) is 0 Å². The van der Waals surface area contributed by atoms with E-state index in [2.05, 4.69) is 37.0 Å². The molecule has 4 aromatic rings. The van der Waals surface area contributed by atoms with E-state index in [0.29, 0.717) is 23.7 Å². The highest BCUT2D eigenvalue weighted by Crippen LogP contribution is 2.34. The van der Waals surface area contributed by atoms with Crippen molar-refractivity contribution >= 4 is 22.9 Å². The molecular formula is C25H27N5O. The van der Waals surface area contributed by atoms with Gasteiger partial charge in [-0.15, -0.1) is 0 Å². The van der Waals surface area contributed by atoms with Crippen LogP contribution in [0, 0.1) is 5.92 Å². The van der Waals surface area contributed by atoms with Crippen molar-refractivity contribution in [3.05, 3.63) is 77.2 Å². The van der Waals surface area contributed by atoms with Crippen molar-refractivity contribution in [3.63, 3.8) is 0 Å². The number of pyridine rings is 1. The first-order chi connectivity index (χ1) is 15.0. The zero-order valence-corrected chi connectivity index (χ0v) is 18.4. The maximum atomic E-state index is 13.8. The van der Waals surface area contributed by atoms with Gasteiger partial charge in [0.05, 0.1) is 11.9 Å². The van der Waals surface area contributed by atoms with E-state index < -0.39 is 0 Å². The summed E-state index contributed by atoms with van der Waals surface area (Å²) in [6.07, 6.45) is 3.46. The molecule has 0 N–H and O–H groups in total. The molecule has 0 aliphatic carbocycles. The molecular weight excluding hydrogens is 386 g/mol. The fraction of sp³-hybridized carbons (Fsp3) is 0.240. The lowest BCUT2D eigenvalue weighted by molar-refractivity contribution is 0.440. The van der Waals surface area contributed by atoms with Crippen molar-refractivity contribution in [1.82, 2.24) is 19.2 Å². The first-order valence-corrected chi connectivity index (χ1v) is 10.4. The summed E-state index contributed by atoms with van der Waals surface area (Å²) in [5, 5.41) is 2.11. The van der Waals surface area contributed by atoms with Crippen LogP contribution in [0.15, 0.2) is 76.6 Å². The highest BCUT2D eigenvalue weighted by molar-refractivity contribution is 5.99. The third-order valence-electron chi connectivity index (χ3n) is 4.99. The topological polar surface area (TPSA) is 55.4 Å². The number of aliphatic imine (C=N–C) groups is 1. The van der Waals surface area contributed by atoms with E-state index in [9.17, 15) is 4.79 Å². The minimum absolute atomic E-state index is 0.0680. The summed E-state index contributed by atoms with van der Waals surface area (Å²) in [5.41, 5.74) is 1.39. The predicted octanol–water partition coefficient (Wildman–Crippen LogP) is 4.73. The third-order valence-corrected chi connectivity index (χ3v) is 4.99. The number of hydrogen-bond donors (Lipinski definition) is 0. The van der Waals surface area contributed by atoms with Crippen molar-refractivity contribution in [3.8, 4) is 16.9 Å². The van der Waals surface area contributed by atoms with Crippen LogP contribution in [-0.2, 0) is 6.54 Å². The van der Waals surface area contributed by atoms with Crippen LogP contribution in [0.25, 0.3) is 27.7 Å². The van der Waals surface area contributed by atoms with E-state index in [1.165, 1.54) is 0 Å². The molecule has 2 aromatic heterocycles. The van der Waals surface area contributed by atoms with Crippen molar-refractivity contribution in [2.24, 2.45) is 10.9 Å². The van der Waals surface area contributed by atoms with E-state index in [-0.39, 0.29) is 11.5 Å². The van der Waals surface area contributed by atoms with Crippen molar-refractivity contribution in [2.75, 3.05) is 14.1 Å². The summed E-state index contributed by atoms with van der Waals surface area (Å²) in [5.74, 6) is 1.52. The highest BCUT2D eigenvalue weighted by Gasteiger charge is 2.24. The molecule has 0 unspecified atom stereocenters. The Morgan fingerprint density at radius 1 is 1.03 bits per heavy atom. The lowest BCUT2D eigenvalue weighted by Gasteiger charge is -2.14. The number of hydrogen-bond acceptors (Lipinski definition) is 3. The molecule has 6 heteroatoms. The number of fused-ring (bicyclic) bond motifs is 1. The molecule has 0 amide bonds. The van der Waals surface area contributed by atoms with Gasteiger partial charge in [0, 0.05) is 26.8 Å². The summed E-state index contributed by atoms with van der Waals surface area (Å²) in [4.78, 5) is 25.0. The van der Waals surface area contributed by atoms with E-state index in [1.54, 1.807) is 17.2 Å². The van der Waals surface area contributed by atoms with Crippen LogP contribution in [0.1, 0.15) is 13.8 Å². The fourth-order valence-corrected chi connectivity index (χ4v) is 3.73. The molecule has 4 rings (SSSR count). The van der Waals surface area contributed by atoms with E-state index >= 15 is 0 Å². The molecule has 158 valence electrons. The molecule has 0 saturated carbocycles. The fourth-order valence-electron chi connectivity index (χ4n) is 3.73. The molecule has 0 fully saturated rings. The normalized spacial score (nSPS) is 11.6. The summed E-state index contributed by atoms with van der Waals surface area (Å²) in [6.45, 7) is 4.76. The highest BCUT2D eigenvalue weighted by atomic mass is 16.1. The van der Waals surface area contributed by atoms with Gasteiger partial charge in [-0.1, -0.05) is 62.4 Å². The Labute approximate surface area is 182 Å². The number of nitrogens with zero attached hydrogens (tertiary/aromatic N) is 5. The van der Waals surface area contributed by atoms with Crippen LogP contribution < -0.4 is 5.56 Å². The summed E-state index contributed by atoms with van der Waals surface area (Å²) >= 11 is 0. The molecule has 0 spiro atoms. The molecule has 0 aliphatic rings. The molecule has 31 heavy (non-hydrogen) atoms. The van der Waals surface area contributed by atoms with E-state index in [4.69, 9.17) is 4.99 Å². The molecule has 2 heterocycles. The lowest BCUT2D eigenvalue weighted by atomic mass is 10.00. The standard InChI is InChI=1S/C25H27N5O/c1-18(2)16-29-25(31)23(21-13-9-11-19-10-5-6-12-20(19)21)24(27-17-28(3)4)30(29)22-14-7-8-15-26-22/h5-15,17-18H,16H2,1-4H3. The zero-order valence-electron chi connectivity index (χ0n) is 18.4. The molecule has 0 bridgehead atoms. The average Bonchev–Trinajstić information content (AvgIpc) is 3.03. The lowest BCUT2D eigenvalue weighted by Crippen LogP contribution is -2.25. The Balaban J connectivity index is 2.12. The summed E-state index contributed by atoms with van der Waals surface area (Å²) in [7, 11) is 3.82.